The molecule has 0 aliphatic rings. The third kappa shape index (κ3) is 5.47. The van der Waals surface area contributed by atoms with Crippen molar-refractivity contribution in [2.45, 2.75) is 13.3 Å². The zero-order valence-electron chi connectivity index (χ0n) is 9.14. The Balaban J connectivity index is 2.58. The van der Waals surface area contributed by atoms with Crippen LogP contribution in [0.3, 0.4) is 0 Å². The lowest BCUT2D eigenvalue weighted by molar-refractivity contribution is -0.114. The Labute approximate surface area is 113 Å². The SMILES string of the molecule is CCCS(=O)(=O)NC(=O)/C=C/c1cc(Br)cs1. The number of hydrogen-bond acceptors (Lipinski definition) is 4. The number of thiophene rings is 1. The highest BCUT2D eigenvalue weighted by atomic mass is 79.9. The lowest BCUT2D eigenvalue weighted by atomic mass is 10.4. The maximum Gasteiger partial charge on any atom is 0.257 e. The van der Waals surface area contributed by atoms with Crippen molar-refractivity contribution in [2.75, 3.05) is 5.75 Å². The van der Waals surface area contributed by atoms with E-state index in [4.69, 9.17) is 0 Å². The Bertz CT molecular complexity index is 519. The van der Waals surface area contributed by atoms with Gasteiger partial charge in [0.2, 0.25) is 10.0 Å². The van der Waals surface area contributed by atoms with E-state index < -0.39 is 15.9 Å². The summed E-state index contributed by atoms with van der Waals surface area (Å²) in [4.78, 5) is 12.2. The summed E-state index contributed by atoms with van der Waals surface area (Å²) >= 11 is 4.75. The van der Waals surface area contributed by atoms with Gasteiger partial charge >= 0.3 is 0 Å². The second kappa shape index (κ2) is 6.32. The van der Waals surface area contributed by atoms with Crippen LogP contribution in [-0.4, -0.2) is 20.1 Å². The Hall–Kier alpha value is -0.660. The topological polar surface area (TPSA) is 63.2 Å². The van der Waals surface area contributed by atoms with Crippen molar-refractivity contribution >= 4 is 49.3 Å². The Morgan fingerprint density at radius 2 is 2.29 bits per heavy atom. The minimum Gasteiger partial charge on any atom is -0.269 e. The van der Waals surface area contributed by atoms with Gasteiger partial charge in [0.15, 0.2) is 0 Å². The molecule has 94 valence electrons. The third-order valence-corrected chi connectivity index (χ3v) is 4.83. The van der Waals surface area contributed by atoms with Crippen LogP contribution >= 0.6 is 27.3 Å². The molecule has 0 aliphatic carbocycles. The van der Waals surface area contributed by atoms with Gasteiger partial charge in [0.05, 0.1) is 5.75 Å². The maximum absolute atomic E-state index is 11.3. The number of hydrogen-bond donors (Lipinski definition) is 1. The fraction of sp³-hybridized carbons (Fsp3) is 0.300. The van der Waals surface area contributed by atoms with E-state index in [0.717, 1.165) is 9.35 Å². The van der Waals surface area contributed by atoms with Crippen molar-refractivity contribution in [3.63, 3.8) is 0 Å². The van der Waals surface area contributed by atoms with Crippen LogP contribution in [0, 0.1) is 0 Å². The number of amides is 1. The Morgan fingerprint density at radius 1 is 1.59 bits per heavy atom. The Morgan fingerprint density at radius 3 is 2.82 bits per heavy atom. The molecule has 1 N–H and O–H groups in total. The highest BCUT2D eigenvalue weighted by Gasteiger charge is 2.10. The van der Waals surface area contributed by atoms with Crippen molar-refractivity contribution in [1.29, 1.82) is 0 Å². The summed E-state index contributed by atoms with van der Waals surface area (Å²) in [5.74, 6) is -0.667. The zero-order valence-corrected chi connectivity index (χ0v) is 12.4. The van der Waals surface area contributed by atoms with Crippen LogP contribution in [0.1, 0.15) is 18.2 Å². The first kappa shape index (κ1) is 14.4. The molecular weight excluding hydrogens is 326 g/mol. The van der Waals surface area contributed by atoms with Crippen LogP contribution in [0.4, 0.5) is 0 Å². The van der Waals surface area contributed by atoms with Gasteiger partial charge in [-0.15, -0.1) is 11.3 Å². The monoisotopic (exact) mass is 337 g/mol. The lowest BCUT2D eigenvalue weighted by Gasteiger charge is -2.01. The Kier molecular flexibility index (Phi) is 5.35. The highest BCUT2D eigenvalue weighted by Crippen LogP contribution is 2.20. The number of carbonyl (C=O) groups is 1. The lowest BCUT2D eigenvalue weighted by Crippen LogP contribution is -2.30. The third-order valence-electron chi connectivity index (χ3n) is 1.72. The van der Waals surface area contributed by atoms with Gasteiger partial charge in [-0.05, 0) is 34.5 Å². The molecule has 0 unspecified atom stereocenters. The molecule has 1 amide bonds. The van der Waals surface area contributed by atoms with Crippen molar-refractivity contribution in [1.82, 2.24) is 4.72 Å². The summed E-state index contributed by atoms with van der Waals surface area (Å²) in [5.41, 5.74) is 0. The van der Waals surface area contributed by atoms with E-state index in [-0.39, 0.29) is 5.75 Å². The minimum absolute atomic E-state index is 0.0445. The van der Waals surface area contributed by atoms with Gasteiger partial charge in [0.25, 0.3) is 5.91 Å². The highest BCUT2D eigenvalue weighted by molar-refractivity contribution is 9.10. The van der Waals surface area contributed by atoms with E-state index in [9.17, 15) is 13.2 Å². The molecule has 4 nitrogen and oxygen atoms in total. The molecule has 0 aliphatic heterocycles. The van der Waals surface area contributed by atoms with E-state index >= 15 is 0 Å². The number of halogens is 1. The molecule has 0 aromatic carbocycles. The summed E-state index contributed by atoms with van der Waals surface area (Å²) in [6, 6.07) is 1.84. The maximum atomic E-state index is 11.3. The molecule has 0 atom stereocenters. The predicted molar refractivity (Wildman–Crippen MR) is 73.3 cm³/mol. The van der Waals surface area contributed by atoms with E-state index in [2.05, 4.69) is 15.9 Å². The summed E-state index contributed by atoms with van der Waals surface area (Å²) in [7, 11) is -3.49. The normalized spacial score (nSPS) is 11.9. The predicted octanol–water partition coefficient (Wildman–Crippen LogP) is 2.38. The van der Waals surface area contributed by atoms with Crippen LogP contribution in [0.5, 0.6) is 0 Å². The van der Waals surface area contributed by atoms with Crippen molar-refractivity contribution in [2.24, 2.45) is 0 Å². The van der Waals surface area contributed by atoms with Gasteiger partial charge in [-0.2, -0.15) is 0 Å². The van der Waals surface area contributed by atoms with Crippen molar-refractivity contribution < 1.29 is 13.2 Å². The quantitative estimate of drug-likeness (QED) is 0.839. The van der Waals surface area contributed by atoms with Gasteiger partial charge in [-0.25, -0.2) is 13.1 Å². The number of carbonyl (C=O) groups excluding carboxylic acids is 1. The van der Waals surface area contributed by atoms with Crippen LogP contribution < -0.4 is 4.72 Å². The first-order valence-electron chi connectivity index (χ1n) is 4.89. The van der Waals surface area contributed by atoms with Crippen molar-refractivity contribution in [3.05, 3.63) is 26.9 Å². The largest absolute Gasteiger partial charge is 0.269 e. The van der Waals surface area contributed by atoms with Crippen LogP contribution in [0.15, 0.2) is 22.0 Å². The summed E-state index contributed by atoms with van der Waals surface area (Å²) in [6.45, 7) is 1.74. The summed E-state index contributed by atoms with van der Waals surface area (Å²) in [6.07, 6.45) is 3.27. The molecule has 0 bridgehead atoms. The fourth-order valence-electron chi connectivity index (χ4n) is 1.08. The molecule has 7 heteroatoms. The molecule has 0 saturated heterocycles. The fourth-order valence-corrected chi connectivity index (χ4v) is 3.43. The van der Waals surface area contributed by atoms with E-state index in [1.165, 1.54) is 17.4 Å². The molecule has 17 heavy (non-hydrogen) atoms. The molecule has 0 fully saturated rings. The molecule has 0 spiro atoms. The average Bonchev–Trinajstić information content (AvgIpc) is 2.60. The zero-order chi connectivity index (χ0) is 12.9. The van der Waals surface area contributed by atoms with E-state index in [0.29, 0.717) is 6.42 Å². The molecule has 1 aromatic heterocycles. The minimum atomic E-state index is -3.49. The first-order chi connectivity index (χ1) is 7.93. The first-order valence-corrected chi connectivity index (χ1v) is 8.22. The number of nitrogens with one attached hydrogen (secondary N) is 1. The van der Waals surface area contributed by atoms with Gasteiger partial charge in [0.1, 0.15) is 0 Å². The van der Waals surface area contributed by atoms with Crippen LogP contribution in [-0.2, 0) is 14.8 Å². The summed E-state index contributed by atoms with van der Waals surface area (Å²) < 4.78 is 25.5. The molecule has 1 heterocycles. The molecule has 1 aromatic rings. The second-order valence-electron chi connectivity index (χ2n) is 3.29. The molecule has 0 saturated carbocycles. The van der Waals surface area contributed by atoms with Crippen molar-refractivity contribution in [3.8, 4) is 0 Å². The second-order valence-corrected chi connectivity index (χ2v) is 6.99. The van der Waals surface area contributed by atoms with E-state index in [1.54, 1.807) is 13.0 Å². The van der Waals surface area contributed by atoms with Crippen LogP contribution in [0.25, 0.3) is 6.08 Å². The van der Waals surface area contributed by atoms with Gasteiger partial charge in [-0.3, -0.25) is 4.79 Å². The standard InChI is InChI=1S/C10H12BrNO3S2/c1-2-5-17(14,15)12-10(13)4-3-9-6-8(11)7-16-9/h3-4,6-7H,2,5H2,1H3,(H,12,13)/b4-3+. The molecular formula is C10H12BrNO3S2. The summed E-state index contributed by atoms with van der Waals surface area (Å²) in [5, 5.41) is 1.88. The van der Waals surface area contributed by atoms with Crippen LogP contribution in [0.2, 0.25) is 0 Å². The van der Waals surface area contributed by atoms with Gasteiger partial charge in [-0.1, -0.05) is 6.92 Å². The van der Waals surface area contributed by atoms with Gasteiger partial charge < -0.3 is 0 Å². The smallest absolute Gasteiger partial charge is 0.257 e. The molecule has 1 rings (SSSR count). The number of sulfonamides is 1. The van der Waals surface area contributed by atoms with Gasteiger partial charge in [0, 0.05) is 20.8 Å². The van der Waals surface area contributed by atoms with E-state index in [1.807, 2.05) is 16.2 Å². The molecule has 0 radical (unpaired) electrons. The average molecular weight is 338 g/mol. The number of rotatable bonds is 5.